The molecule has 1 fully saturated rings. The summed E-state index contributed by atoms with van der Waals surface area (Å²) in [4.78, 5) is 13.8. The van der Waals surface area contributed by atoms with Gasteiger partial charge in [0.1, 0.15) is 0 Å². The van der Waals surface area contributed by atoms with E-state index in [0.29, 0.717) is 5.92 Å². The summed E-state index contributed by atoms with van der Waals surface area (Å²) in [6.45, 7) is 3.02. The molecule has 6 heteroatoms. The molecule has 3 rings (SSSR count). The Morgan fingerprint density at radius 3 is 2.67 bits per heavy atom. The minimum atomic E-state index is -0.105. The number of nitrogens with one attached hydrogen (secondary N) is 2. The van der Waals surface area contributed by atoms with Gasteiger partial charge in [-0.1, -0.05) is 6.92 Å². The van der Waals surface area contributed by atoms with Gasteiger partial charge in [0.2, 0.25) is 5.91 Å². The Balaban J connectivity index is 1.66. The molecule has 1 aliphatic heterocycles. The van der Waals surface area contributed by atoms with Crippen molar-refractivity contribution in [1.82, 2.24) is 20.3 Å². The first-order valence-corrected chi connectivity index (χ1v) is 7.25. The highest BCUT2D eigenvalue weighted by molar-refractivity contribution is 5.95. The summed E-state index contributed by atoms with van der Waals surface area (Å²) in [5, 5.41) is 14.4. The molecular weight excluding hydrogens is 266 g/mol. The van der Waals surface area contributed by atoms with Gasteiger partial charge in [-0.25, -0.2) is 0 Å². The molecular formula is C15H19N5O. The second-order valence-corrected chi connectivity index (χ2v) is 5.41. The number of piperidine rings is 1. The van der Waals surface area contributed by atoms with Crippen LogP contribution in [0.1, 0.15) is 19.8 Å². The van der Waals surface area contributed by atoms with E-state index >= 15 is 0 Å². The molecule has 2 heterocycles. The summed E-state index contributed by atoms with van der Waals surface area (Å²) < 4.78 is 0. The summed E-state index contributed by atoms with van der Waals surface area (Å²) in [6.07, 6.45) is 5.49. The van der Waals surface area contributed by atoms with Gasteiger partial charge >= 0.3 is 0 Å². The van der Waals surface area contributed by atoms with Crippen molar-refractivity contribution in [3.05, 3.63) is 36.7 Å². The van der Waals surface area contributed by atoms with E-state index in [2.05, 4.69) is 27.8 Å². The largest absolute Gasteiger partial charge is 0.325 e. The first-order chi connectivity index (χ1) is 10.2. The monoisotopic (exact) mass is 285 g/mol. The lowest BCUT2D eigenvalue weighted by atomic mass is 9.92. The Morgan fingerprint density at radius 1 is 1.29 bits per heavy atom. The summed E-state index contributed by atoms with van der Waals surface area (Å²) in [6, 6.07) is 7.39. The smallest absolute Gasteiger partial charge is 0.241 e. The van der Waals surface area contributed by atoms with Crippen molar-refractivity contribution in [3.63, 3.8) is 0 Å². The minimum absolute atomic E-state index is 0.0344. The van der Waals surface area contributed by atoms with Crippen LogP contribution in [0.25, 0.3) is 5.69 Å². The number of hydrogen-bond acceptors (Lipinski definition) is 4. The highest BCUT2D eigenvalue weighted by Crippen LogP contribution is 2.18. The van der Waals surface area contributed by atoms with Crippen LogP contribution in [0, 0.1) is 5.92 Å². The zero-order valence-electron chi connectivity index (χ0n) is 12.0. The molecule has 2 N–H and O–H groups in total. The van der Waals surface area contributed by atoms with Crippen LogP contribution in [0.15, 0.2) is 36.7 Å². The predicted octanol–water partition coefficient (Wildman–Crippen LogP) is 1.59. The third-order valence-corrected chi connectivity index (χ3v) is 3.84. The molecule has 2 atom stereocenters. The van der Waals surface area contributed by atoms with E-state index in [-0.39, 0.29) is 11.9 Å². The van der Waals surface area contributed by atoms with Crippen LogP contribution < -0.4 is 10.6 Å². The van der Waals surface area contributed by atoms with Crippen molar-refractivity contribution in [3.8, 4) is 5.69 Å². The Hall–Kier alpha value is -2.21. The summed E-state index contributed by atoms with van der Waals surface area (Å²) in [5.41, 5.74) is 1.65. The molecule has 0 bridgehead atoms. The van der Waals surface area contributed by atoms with Crippen LogP contribution in [-0.2, 0) is 4.79 Å². The number of aromatic nitrogens is 3. The molecule has 0 saturated carbocycles. The molecule has 0 radical (unpaired) electrons. The van der Waals surface area contributed by atoms with E-state index in [1.165, 1.54) is 4.80 Å². The lowest BCUT2D eigenvalue weighted by Crippen LogP contribution is -2.48. The Kier molecular flexibility index (Phi) is 3.96. The molecule has 1 amide bonds. The van der Waals surface area contributed by atoms with Crippen LogP contribution in [-0.4, -0.2) is 33.5 Å². The van der Waals surface area contributed by atoms with Crippen molar-refractivity contribution in [1.29, 1.82) is 0 Å². The van der Waals surface area contributed by atoms with Gasteiger partial charge in [-0.05, 0) is 49.6 Å². The third-order valence-electron chi connectivity index (χ3n) is 3.84. The highest BCUT2D eigenvalue weighted by atomic mass is 16.2. The SMILES string of the molecule is CC1CCCNC1C(=O)Nc1ccc(-n2nccn2)cc1. The van der Waals surface area contributed by atoms with Crippen LogP contribution in [0.2, 0.25) is 0 Å². The second-order valence-electron chi connectivity index (χ2n) is 5.41. The molecule has 0 spiro atoms. The standard InChI is InChI=1S/C15H19N5O/c1-11-3-2-8-16-14(11)15(21)19-12-4-6-13(7-5-12)20-17-9-10-18-20/h4-7,9-11,14,16H,2-3,8H2,1H3,(H,19,21). The lowest BCUT2D eigenvalue weighted by molar-refractivity contribution is -0.119. The van der Waals surface area contributed by atoms with Gasteiger partial charge in [0.05, 0.1) is 24.1 Å². The van der Waals surface area contributed by atoms with Crippen molar-refractivity contribution in [2.75, 3.05) is 11.9 Å². The van der Waals surface area contributed by atoms with Gasteiger partial charge in [-0.3, -0.25) is 4.79 Å². The summed E-state index contributed by atoms with van der Waals surface area (Å²) in [7, 11) is 0. The fraction of sp³-hybridized carbons (Fsp3) is 0.400. The van der Waals surface area contributed by atoms with Crippen molar-refractivity contribution in [2.45, 2.75) is 25.8 Å². The number of benzene rings is 1. The molecule has 1 aromatic heterocycles. The zero-order chi connectivity index (χ0) is 14.7. The normalized spacial score (nSPS) is 22.0. The van der Waals surface area contributed by atoms with Crippen molar-refractivity contribution < 1.29 is 4.79 Å². The van der Waals surface area contributed by atoms with Gasteiger partial charge < -0.3 is 10.6 Å². The maximum Gasteiger partial charge on any atom is 0.241 e. The van der Waals surface area contributed by atoms with E-state index in [9.17, 15) is 4.79 Å². The predicted molar refractivity (Wildman–Crippen MR) is 80.2 cm³/mol. The number of nitrogens with zero attached hydrogens (tertiary/aromatic N) is 3. The third kappa shape index (κ3) is 3.11. The summed E-state index contributed by atoms with van der Waals surface area (Å²) in [5.74, 6) is 0.401. The number of hydrogen-bond donors (Lipinski definition) is 2. The Bertz CT molecular complexity index is 593. The van der Waals surface area contributed by atoms with Crippen molar-refractivity contribution in [2.24, 2.45) is 5.92 Å². The summed E-state index contributed by atoms with van der Waals surface area (Å²) >= 11 is 0. The molecule has 0 aliphatic carbocycles. The van der Waals surface area contributed by atoms with E-state index in [1.807, 2.05) is 24.3 Å². The van der Waals surface area contributed by atoms with Gasteiger partial charge in [-0.15, -0.1) is 0 Å². The molecule has 1 aliphatic rings. The lowest BCUT2D eigenvalue weighted by Gasteiger charge is -2.28. The number of carbonyl (C=O) groups is 1. The molecule has 21 heavy (non-hydrogen) atoms. The molecule has 2 aromatic rings. The Labute approximate surface area is 123 Å². The molecule has 1 aromatic carbocycles. The van der Waals surface area contributed by atoms with Crippen LogP contribution in [0.5, 0.6) is 0 Å². The number of amides is 1. The first-order valence-electron chi connectivity index (χ1n) is 7.25. The Morgan fingerprint density at radius 2 is 2.00 bits per heavy atom. The first kappa shape index (κ1) is 13.8. The van der Waals surface area contributed by atoms with Crippen LogP contribution in [0.4, 0.5) is 5.69 Å². The van der Waals surface area contributed by atoms with E-state index in [1.54, 1.807) is 12.4 Å². The average Bonchev–Trinajstić information content (AvgIpc) is 3.02. The number of rotatable bonds is 3. The average molecular weight is 285 g/mol. The van der Waals surface area contributed by atoms with E-state index < -0.39 is 0 Å². The molecule has 2 unspecified atom stereocenters. The fourth-order valence-corrected chi connectivity index (χ4v) is 2.65. The molecule has 6 nitrogen and oxygen atoms in total. The second kappa shape index (κ2) is 6.05. The van der Waals surface area contributed by atoms with Crippen LogP contribution >= 0.6 is 0 Å². The van der Waals surface area contributed by atoms with Crippen molar-refractivity contribution >= 4 is 11.6 Å². The molecule has 1 saturated heterocycles. The quantitative estimate of drug-likeness (QED) is 0.898. The van der Waals surface area contributed by atoms with Gasteiger partial charge in [0.25, 0.3) is 0 Å². The topological polar surface area (TPSA) is 71.8 Å². The fourth-order valence-electron chi connectivity index (χ4n) is 2.65. The van der Waals surface area contributed by atoms with E-state index in [0.717, 1.165) is 30.8 Å². The number of anilines is 1. The minimum Gasteiger partial charge on any atom is -0.325 e. The van der Waals surface area contributed by atoms with Crippen LogP contribution in [0.3, 0.4) is 0 Å². The zero-order valence-corrected chi connectivity index (χ0v) is 12.0. The maximum atomic E-state index is 12.3. The molecule has 110 valence electrons. The maximum absolute atomic E-state index is 12.3. The van der Waals surface area contributed by atoms with Gasteiger partial charge in [0.15, 0.2) is 0 Å². The van der Waals surface area contributed by atoms with E-state index in [4.69, 9.17) is 0 Å². The number of carbonyl (C=O) groups excluding carboxylic acids is 1. The van der Waals surface area contributed by atoms with Gasteiger partial charge in [0, 0.05) is 5.69 Å². The van der Waals surface area contributed by atoms with Gasteiger partial charge in [-0.2, -0.15) is 15.0 Å². The highest BCUT2D eigenvalue weighted by Gasteiger charge is 2.27.